The summed E-state index contributed by atoms with van der Waals surface area (Å²) in [4.78, 5) is 0. The monoisotopic (exact) mass is 253 g/mol. The van der Waals surface area contributed by atoms with Crippen molar-refractivity contribution in [3.8, 4) is 0 Å². The van der Waals surface area contributed by atoms with Gasteiger partial charge in [-0.1, -0.05) is 13.8 Å². The van der Waals surface area contributed by atoms with E-state index >= 15 is 0 Å². The van der Waals surface area contributed by atoms with Gasteiger partial charge >= 0.3 is 0 Å². The predicted octanol–water partition coefficient (Wildman–Crippen LogP) is 4.12. The predicted molar refractivity (Wildman–Crippen MR) is 69.5 cm³/mol. The molecule has 0 spiro atoms. The van der Waals surface area contributed by atoms with E-state index in [0.29, 0.717) is 12.0 Å². The Balaban J connectivity index is 2.07. The van der Waals surface area contributed by atoms with Gasteiger partial charge in [0.05, 0.1) is 0 Å². The van der Waals surface area contributed by atoms with Crippen LogP contribution >= 0.6 is 0 Å². The van der Waals surface area contributed by atoms with Gasteiger partial charge < -0.3 is 5.32 Å². The molecule has 0 saturated heterocycles. The van der Waals surface area contributed by atoms with Crippen LogP contribution in [0.2, 0.25) is 0 Å². The number of nitrogens with one attached hydrogen (secondary N) is 1. The fourth-order valence-electron chi connectivity index (χ4n) is 2.27. The number of hydrogen-bond donors (Lipinski definition) is 1. The molecule has 1 nitrogen and oxygen atoms in total. The van der Waals surface area contributed by atoms with Crippen molar-refractivity contribution in [2.45, 2.75) is 58.0 Å². The highest BCUT2D eigenvalue weighted by molar-refractivity contribution is 5.30. The van der Waals surface area contributed by atoms with Gasteiger partial charge in [0.1, 0.15) is 11.6 Å². The molecule has 1 aliphatic rings. The Morgan fingerprint density at radius 1 is 1.17 bits per heavy atom. The van der Waals surface area contributed by atoms with Crippen molar-refractivity contribution in [1.82, 2.24) is 5.32 Å². The molecule has 1 aromatic carbocycles. The van der Waals surface area contributed by atoms with Crippen molar-refractivity contribution in [2.24, 2.45) is 0 Å². The van der Waals surface area contributed by atoms with Crippen LogP contribution in [0.25, 0.3) is 0 Å². The van der Waals surface area contributed by atoms with Gasteiger partial charge in [-0.2, -0.15) is 0 Å². The normalized spacial score (nSPS) is 15.4. The average Bonchev–Trinajstić information content (AvgIpc) is 3.17. The molecule has 0 radical (unpaired) electrons. The van der Waals surface area contributed by atoms with Crippen LogP contribution in [0.5, 0.6) is 0 Å². The molecule has 0 atom stereocenters. The summed E-state index contributed by atoms with van der Waals surface area (Å²) >= 11 is 0. The van der Waals surface area contributed by atoms with Gasteiger partial charge in [-0.25, -0.2) is 8.78 Å². The van der Waals surface area contributed by atoms with Crippen molar-refractivity contribution in [2.75, 3.05) is 0 Å². The fraction of sp³-hybridized carbons (Fsp3) is 0.600. The Bertz CT molecular complexity index is 386. The van der Waals surface area contributed by atoms with Gasteiger partial charge in [0.25, 0.3) is 0 Å². The maximum absolute atomic E-state index is 13.9. The van der Waals surface area contributed by atoms with Crippen LogP contribution in [0.3, 0.4) is 0 Å². The SMILES string of the molecule is CCC(CC)NCc1c(F)cc(C2CC2)cc1F. The van der Waals surface area contributed by atoms with Crippen LogP contribution in [0.1, 0.15) is 56.6 Å². The molecular weight excluding hydrogens is 232 g/mol. The molecule has 0 heterocycles. The minimum atomic E-state index is -0.407. The van der Waals surface area contributed by atoms with E-state index < -0.39 is 11.6 Å². The van der Waals surface area contributed by atoms with Crippen LogP contribution in [0.4, 0.5) is 8.78 Å². The van der Waals surface area contributed by atoms with Crippen molar-refractivity contribution < 1.29 is 8.78 Å². The van der Waals surface area contributed by atoms with E-state index in [0.717, 1.165) is 31.2 Å². The highest BCUT2D eigenvalue weighted by Gasteiger charge is 2.25. The Morgan fingerprint density at radius 2 is 1.72 bits per heavy atom. The summed E-state index contributed by atoms with van der Waals surface area (Å²) in [5, 5.41) is 3.20. The summed E-state index contributed by atoms with van der Waals surface area (Å²) in [5.74, 6) is -0.430. The van der Waals surface area contributed by atoms with Crippen LogP contribution < -0.4 is 5.32 Å². The molecule has 0 amide bonds. The van der Waals surface area contributed by atoms with Gasteiger partial charge in [-0.05, 0) is 49.3 Å². The topological polar surface area (TPSA) is 12.0 Å². The summed E-state index contributed by atoms with van der Waals surface area (Å²) in [6, 6.07) is 3.34. The molecule has 0 unspecified atom stereocenters. The Hall–Kier alpha value is -0.960. The summed E-state index contributed by atoms with van der Waals surface area (Å²) < 4.78 is 27.8. The minimum Gasteiger partial charge on any atom is -0.310 e. The summed E-state index contributed by atoms with van der Waals surface area (Å²) in [7, 11) is 0. The first-order valence-corrected chi connectivity index (χ1v) is 6.86. The molecule has 18 heavy (non-hydrogen) atoms. The Morgan fingerprint density at radius 3 is 2.17 bits per heavy atom. The molecule has 0 aromatic heterocycles. The molecule has 1 N–H and O–H groups in total. The van der Waals surface area contributed by atoms with Crippen molar-refractivity contribution in [1.29, 1.82) is 0 Å². The van der Waals surface area contributed by atoms with Gasteiger partial charge in [-0.15, -0.1) is 0 Å². The Labute approximate surface area is 108 Å². The second kappa shape index (κ2) is 5.79. The fourth-order valence-corrected chi connectivity index (χ4v) is 2.27. The third kappa shape index (κ3) is 3.08. The zero-order valence-electron chi connectivity index (χ0n) is 11.1. The lowest BCUT2D eigenvalue weighted by molar-refractivity contribution is 0.460. The second-order valence-corrected chi connectivity index (χ2v) is 5.13. The maximum Gasteiger partial charge on any atom is 0.130 e. The minimum absolute atomic E-state index is 0.173. The zero-order chi connectivity index (χ0) is 13.1. The number of benzene rings is 1. The lowest BCUT2D eigenvalue weighted by Gasteiger charge is -2.15. The van der Waals surface area contributed by atoms with E-state index in [9.17, 15) is 8.78 Å². The van der Waals surface area contributed by atoms with E-state index in [4.69, 9.17) is 0 Å². The zero-order valence-corrected chi connectivity index (χ0v) is 11.1. The molecule has 0 bridgehead atoms. The number of hydrogen-bond acceptors (Lipinski definition) is 1. The van der Waals surface area contributed by atoms with Crippen LogP contribution in [0, 0.1) is 11.6 Å². The first kappa shape index (κ1) is 13.5. The highest BCUT2D eigenvalue weighted by Crippen LogP contribution is 2.40. The van der Waals surface area contributed by atoms with Gasteiger partial charge in [0.15, 0.2) is 0 Å². The quantitative estimate of drug-likeness (QED) is 0.804. The second-order valence-electron chi connectivity index (χ2n) is 5.13. The Kier molecular flexibility index (Phi) is 4.33. The average molecular weight is 253 g/mol. The van der Waals surface area contributed by atoms with E-state index in [2.05, 4.69) is 19.2 Å². The molecule has 100 valence electrons. The van der Waals surface area contributed by atoms with Crippen LogP contribution in [0.15, 0.2) is 12.1 Å². The highest BCUT2D eigenvalue weighted by atomic mass is 19.1. The van der Waals surface area contributed by atoms with E-state index in [1.165, 1.54) is 12.1 Å². The molecule has 1 aromatic rings. The third-order valence-corrected chi connectivity index (χ3v) is 3.77. The first-order valence-electron chi connectivity index (χ1n) is 6.86. The molecule has 1 saturated carbocycles. The lowest BCUT2D eigenvalue weighted by atomic mass is 10.1. The lowest BCUT2D eigenvalue weighted by Crippen LogP contribution is -2.28. The maximum atomic E-state index is 13.9. The van der Waals surface area contributed by atoms with Crippen molar-refractivity contribution in [3.05, 3.63) is 34.9 Å². The first-order chi connectivity index (χ1) is 8.65. The number of rotatable bonds is 6. The van der Waals surface area contributed by atoms with E-state index in [1.807, 2.05) is 0 Å². The summed E-state index contributed by atoms with van der Waals surface area (Å²) in [5.41, 5.74) is 0.989. The van der Waals surface area contributed by atoms with E-state index in [1.54, 1.807) is 0 Å². The molecule has 1 aliphatic carbocycles. The summed E-state index contributed by atoms with van der Waals surface area (Å²) in [6.45, 7) is 4.42. The molecule has 3 heteroatoms. The van der Waals surface area contributed by atoms with Crippen molar-refractivity contribution in [3.63, 3.8) is 0 Å². The standard InChI is InChI=1S/C15H21F2N/c1-3-12(4-2)18-9-13-14(16)7-11(8-15(13)17)10-5-6-10/h7-8,10,12,18H,3-6,9H2,1-2H3. The van der Waals surface area contributed by atoms with E-state index in [-0.39, 0.29) is 12.1 Å². The van der Waals surface area contributed by atoms with Gasteiger partial charge in [0.2, 0.25) is 0 Å². The van der Waals surface area contributed by atoms with Crippen molar-refractivity contribution >= 4 is 0 Å². The van der Waals surface area contributed by atoms with Gasteiger partial charge in [-0.3, -0.25) is 0 Å². The molecular formula is C15H21F2N. The molecule has 2 rings (SSSR count). The van der Waals surface area contributed by atoms with Crippen LogP contribution in [-0.4, -0.2) is 6.04 Å². The largest absolute Gasteiger partial charge is 0.310 e. The number of halogens is 2. The molecule has 1 fully saturated rings. The molecule has 0 aliphatic heterocycles. The van der Waals surface area contributed by atoms with Gasteiger partial charge in [0, 0.05) is 18.2 Å². The smallest absolute Gasteiger partial charge is 0.130 e. The third-order valence-electron chi connectivity index (χ3n) is 3.77. The van der Waals surface area contributed by atoms with Crippen LogP contribution in [-0.2, 0) is 6.54 Å². The summed E-state index contributed by atoms with van der Waals surface area (Å²) in [6.07, 6.45) is 4.06.